The maximum Gasteiger partial charge on any atom is 0.166 e. The summed E-state index contributed by atoms with van der Waals surface area (Å²) in [5, 5.41) is 0. The van der Waals surface area contributed by atoms with Crippen LogP contribution in [0.1, 0.15) is 41.9 Å². The molecule has 0 amide bonds. The van der Waals surface area contributed by atoms with Crippen LogP contribution in [-0.2, 0) is 6.42 Å². The molecule has 0 radical (unpaired) electrons. The first kappa shape index (κ1) is 13.9. The van der Waals surface area contributed by atoms with Gasteiger partial charge in [-0.1, -0.05) is 13.8 Å². The maximum absolute atomic E-state index is 13.4. The normalized spacial score (nSPS) is 16.7. The molecule has 1 heterocycles. The first-order valence-electron chi connectivity index (χ1n) is 7.01. The van der Waals surface area contributed by atoms with Gasteiger partial charge in [0.2, 0.25) is 0 Å². The summed E-state index contributed by atoms with van der Waals surface area (Å²) in [4.78, 5) is 20.9. The molecule has 21 heavy (non-hydrogen) atoms. The van der Waals surface area contributed by atoms with Crippen molar-refractivity contribution < 1.29 is 9.18 Å². The summed E-state index contributed by atoms with van der Waals surface area (Å²) in [5.41, 5.74) is 2.67. The Bertz CT molecular complexity index is 738. The Labute approximate surface area is 123 Å². The van der Waals surface area contributed by atoms with Gasteiger partial charge in [0, 0.05) is 18.2 Å². The number of carbonyl (C=O) groups is 1. The van der Waals surface area contributed by atoms with Gasteiger partial charge in [-0.05, 0) is 42.5 Å². The predicted octanol–water partition coefficient (Wildman–Crippen LogP) is 3.75. The van der Waals surface area contributed by atoms with Gasteiger partial charge in [0.15, 0.2) is 11.6 Å². The summed E-state index contributed by atoms with van der Waals surface area (Å²) in [7, 11) is 0. The number of halogens is 1. The Morgan fingerprint density at radius 2 is 2.00 bits per heavy atom. The zero-order valence-corrected chi connectivity index (χ0v) is 12.4. The molecule has 3 rings (SSSR count). The zero-order chi connectivity index (χ0) is 15.2. The van der Waals surface area contributed by atoms with E-state index in [2.05, 4.69) is 23.8 Å². The molecule has 0 spiro atoms. The number of hydrogen-bond acceptors (Lipinski definition) is 3. The van der Waals surface area contributed by atoms with Crippen LogP contribution in [0.2, 0.25) is 0 Å². The van der Waals surface area contributed by atoms with E-state index in [1.807, 2.05) is 0 Å². The number of aromatic nitrogens is 2. The first-order chi connectivity index (χ1) is 9.85. The van der Waals surface area contributed by atoms with Crippen molar-refractivity contribution in [3.63, 3.8) is 0 Å². The van der Waals surface area contributed by atoms with Crippen LogP contribution in [0.25, 0.3) is 11.4 Å². The lowest BCUT2D eigenvalue weighted by Gasteiger charge is -2.29. The van der Waals surface area contributed by atoms with Gasteiger partial charge < -0.3 is 0 Å². The molecule has 4 heteroatoms. The predicted molar refractivity (Wildman–Crippen MR) is 78.6 cm³/mol. The number of rotatable bonds is 1. The molecular formula is C17H17FN2O. The molecule has 3 nitrogen and oxygen atoms in total. The second-order valence-electron chi connectivity index (χ2n) is 6.46. The molecule has 0 aliphatic heterocycles. The smallest absolute Gasteiger partial charge is 0.166 e. The Morgan fingerprint density at radius 1 is 1.24 bits per heavy atom. The van der Waals surface area contributed by atoms with Crippen molar-refractivity contribution >= 4 is 5.78 Å². The Hall–Kier alpha value is -2.10. The van der Waals surface area contributed by atoms with Crippen LogP contribution in [-0.4, -0.2) is 15.8 Å². The van der Waals surface area contributed by atoms with Gasteiger partial charge in [-0.25, -0.2) is 14.4 Å². The number of hydrogen-bond donors (Lipinski definition) is 0. The van der Waals surface area contributed by atoms with Crippen LogP contribution in [0.3, 0.4) is 0 Å². The molecule has 2 aromatic rings. The van der Waals surface area contributed by atoms with Crippen LogP contribution in [0, 0.1) is 18.2 Å². The van der Waals surface area contributed by atoms with E-state index in [4.69, 9.17) is 0 Å². The second kappa shape index (κ2) is 4.72. The Morgan fingerprint density at radius 3 is 2.71 bits per heavy atom. The zero-order valence-electron chi connectivity index (χ0n) is 12.4. The molecule has 1 aliphatic rings. The highest BCUT2D eigenvalue weighted by molar-refractivity contribution is 5.98. The minimum absolute atomic E-state index is 0.0750. The van der Waals surface area contributed by atoms with Gasteiger partial charge in [0.1, 0.15) is 5.82 Å². The number of nitrogens with zero attached hydrogens (tertiary/aromatic N) is 2. The van der Waals surface area contributed by atoms with E-state index in [0.717, 1.165) is 17.7 Å². The molecule has 1 aliphatic carbocycles. The van der Waals surface area contributed by atoms with E-state index in [0.29, 0.717) is 23.4 Å². The number of benzene rings is 1. The topological polar surface area (TPSA) is 42.9 Å². The number of aryl methyl sites for hydroxylation is 1. The molecule has 0 unspecified atom stereocenters. The number of ketones is 1. The Kier molecular flexibility index (Phi) is 3.12. The largest absolute Gasteiger partial charge is 0.294 e. The Balaban J connectivity index is 2.07. The highest BCUT2D eigenvalue weighted by atomic mass is 19.1. The van der Waals surface area contributed by atoms with Crippen molar-refractivity contribution in [3.8, 4) is 11.4 Å². The number of Topliss-reactive ketones (excluding diaryl/α,β-unsaturated/α-hetero) is 1. The molecule has 1 aromatic carbocycles. The minimum atomic E-state index is -0.243. The number of fused-ring (bicyclic) bond motifs is 1. The fourth-order valence-electron chi connectivity index (χ4n) is 2.75. The van der Waals surface area contributed by atoms with Crippen LogP contribution in [0.4, 0.5) is 4.39 Å². The highest BCUT2D eigenvalue weighted by Crippen LogP contribution is 2.34. The van der Waals surface area contributed by atoms with E-state index in [1.54, 1.807) is 25.3 Å². The number of carbonyl (C=O) groups excluding carboxylic acids is 1. The lowest BCUT2D eigenvalue weighted by atomic mass is 9.76. The molecule has 0 atom stereocenters. The molecule has 0 N–H and O–H groups in total. The van der Waals surface area contributed by atoms with Crippen molar-refractivity contribution in [2.24, 2.45) is 5.41 Å². The summed E-state index contributed by atoms with van der Waals surface area (Å²) >= 11 is 0. The van der Waals surface area contributed by atoms with Gasteiger partial charge in [-0.3, -0.25) is 4.79 Å². The average Bonchev–Trinajstić information content (AvgIpc) is 2.40. The first-order valence-corrected chi connectivity index (χ1v) is 7.01. The van der Waals surface area contributed by atoms with Crippen molar-refractivity contribution in [1.82, 2.24) is 9.97 Å². The van der Waals surface area contributed by atoms with Gasteiger partial charge in [-0.15, -0.1) is 0 Å². The monoisotopic (exact) mass is 284 g/mol. The van der Waals surface area contributed by atoms with Crippen molar-refractivity contribution in [2.75, 3.05) is 0 Å². The lowest BCUT2D eigenvalue weighted by Crippen LogP contribution is -2.28. The highest BCUT2D eigenvalue weighted by Gasteiger charge is 2.32. The molecular weight excluding hydrogens is 267 g/mol. The SMILES string of the molecule is Cc1cc(-c2ncc3c(n2)CC(C)(C)CC3=O)ccc1F. The summed E-state index contributed by atoms with van der Waals surface area (Å²) in [6, 6.07) is 4.81. The summed E-state index contributed by atoms with van der Waals surface area (Å²) in [5.74, 6) is 0.401. The van der Waals surface area contributed by atoms with E-state index >= 15 is 0 Å². The van der Waals surface area contributed by atoms with E-state index in [9.17, 15) is 9.18 Å². The third-order valence-electron chi connectivity index (χ3n) is 3.87. The average molecular weight is 284 g/mol. The van der Waals surface area contributed by atoms with Crippen LogP contribution >= 0.6 is 0 Å². The van der Waals surface area contributed by atoms with Crippen molar-refractivity contribution in [3.05, 3.63) is 47.0 Å². The van der Waals surface area contributed by atoms with Gasteiger partial charge in [0.25, 0.3) is 0 Å². The van der Waals surface area contributed by atoms with Gasteiger partial charge in [0.05, 0.1) is 11.3 Å². The van der Waals surface area contributed by atoms with Gasteiger partial charge in [-0.2, -0.15) is 0 Å². The van der Waals surface area contributed by atoms with E-state index < -0.39 is 0 Å². The summed E-state index contributed by atoms with van der Waals surface area (Å²) in [6.07, 6.45) is 2.88. The van der Waals surface area contributed by atoms with Crippen LogP contribution < -0.4 is 0 Å². The maximum atomic E-state index is 13.4. The molecule has 108 valence electrons. The molecule has 1 aromatic heterocycles. The van der Waals surface area contributed by atoms with Crippen molar-refractivity contribution in [1.29, 1.82) is 0 Å². The quantitative estimate of drug-likeness (QED) is 0.801. The van der Waals surface area contributed by atoms with E-state index in [1.165, 1.54) is 6.07 Å². The fraction of sp³-hybridized carbons (Fsp3) is 0.353. The molecule has 0 saturated heterocycles. The van der Waals surface area contributed by atoms with Gasteiger partial charge >= 0.3 is 0 Å². The lowest BCUT2D eigenvalue weighted by molar-refractivity contribution is 0.0910. The fourth-order valence-corrected chi connectivity index (χ4v) is 2.75. The summed E-state index contributed by atoms with van der Waals surface area (Å²) in [6.45, 7) is 5.85. The van der Waals surface area contributed by atoms with E-state index in [-0.39, 0.29) is 17.0 Å². The second-order valence-corrected chi connectivity index (χ2v) is 6.46. The molecule has 0 saturated carbocycles. The summed E-state index contributed by atoms with van der Waals surface area (Å²) < 4.78 is 13.4. The minimum Gasteiger partial charge on any atom is -0.294 e. The van der Waals surface area contributed by atoms with Crippen molar-refractivity contribution in [2.45, 2.75) is 33.6 Å². The standard InChI is InChI=1S/C17H17FN2O/c1-10-6-11(4-5-13(10)18)16-19-9-12-14(20-16)7-17(2,3)8-15(12)21/h4-6,9H,7-8H2,1-3H3. The molecule has 0 bridgehead atoms. The third kappa shape index (κ3) is 2.58. The van der Waals surface area contributed by atoms with Crippen LogP contribution in [0.5, 0.6) is 0 Å². The third-order valence-corrected chi connectivity index (χ3v) is 3.87. The van der Waals surface area contributed by atoms with Crippen LogP contribution in [0.15, 0.2) is 24.4 Å². The molecule has 0 fully saturated rings.